The van der Waals surface area contributed by atoms with Crippen LogP contribution in [0.3, 0.4) is 0 Å². The summed E-state index contributed by atoms with van der Waals surface area (Å²) in [5.74, 6) is 0.0830. The third kappa shape index (κ3) is 3.69. The van der Waals surface area contributed by atoms with Gasteiger partial charge in [0.05, 0.1) is 12.1 Å². The highest BCUT2D eigenvalue weighted by Crippen LogP contribution is 2.19. The maximum atomic E-state index is 12.0. The quantitative estimate of drug-likeness (QED) is 0.709. The molecular weight excluding hydrogens is 228 g/mol. The van der Waals surface area contributed by atoms with E-state index in [4.69, 9.17) is 0 Å². The van der Waals surface area contributed by atoms with Crippen LogP contribution in [0.1, 0.15) is 58.3 Å². The summed E-state index contributed by atoms with van der Waals surface area (Å²) in [5, 5.41) is 16.3. The zero-order valence-electron chi connectivity index (χ0n) is 11.3. The van der Waals surface area contributed by atoms with Gasteiger partial charge in [-0.3, -0.25) is 4.79 Å². The van der Waals surface area contributed by atoms with Gasteiger partial charge in [-0.25, -0.2) is 0 Å². The number of aliphatic hydroxyl groups excluding tert-OH is 1. The number of aliphatic hydroxyl groups is 1. The van der Waals surface area contributed by atoms with E-state index in [0.29, 0.717) is 6.04 Å². The standard InChI is InChI=1S/C14H26N2O2/c1-10(14(18)16-11-6-2-3-7-11)15-12-8-4-5-9-13(12)17/h10-13,15,17H,2-9H2,1H3,(H,16,18). The minimum atomic E-state index is -0.291. The molecule has 3 atom stereocenters. The zero-order chi connectivity index (χ0) is 13.0. The van der Waals surface area contributed by atoms with Crippen LogP contribution >= 0.6 is 0 Å². The summed E-state index contributed by atoms with van der Waals surface area (Å²) in [6.45, 7) is 1.89. The lowest BCUT2D eigenvalue weighted by molar-refractivity contribution is -0.123. The Bertz CT molecular complexity index is 277. The van der Waals surface area contributed by atoms with Crippen molar-refractivity contribution in [2.24, 2.45) is 0 Å². The van der Waals surface area contributed by atoms with Crippen molar-refractivity contribution in [1.29, 1.82) is 0 Å². The maximum absolute atomic E-state index is 12.0. The highest BCUT2D eigenvalue weighted by atomic mass is 16.3. The van der Waals surface area contributed by atoms with Gasteiger partial charge < -0.3 is 15.7 Å². The Kier molecular flexibility index (Phi) is 5.01. The minimum absolute atomic E-state index is 0.0830. The van der Waals surface area contributed by atoms with E-state index in [2.05, 4.69) is 10.6 Å². The van der Waals surface area contributed by atoms with Crippen molar-refractivity contribution in [1.82, 2.24) is 10.6 Å². The van der Waals surface area contributed by atoms with Crippen LogP contribution in [-0.4, -0.2) is 35.2 Å². The van der Waals surface area contributed by atoms with Gasteiger partial charge in [0.2, 0.25) is 5.91 Å². The summed E-state index contributed by atoms with van der Waals surface area (Å²) < 4.78 is 0. The molecule has 0 aliphatic heterocycles. The average Bonchev–Trinajstić information content (AvgIpc) is 2.84. The van der Waals surface area contributed by atoms with Crippen molar-refractivity contribution in [3.63, 3.8) is 0 Å². The smallest absolute Gasteiger partial charge is 0.237 e. The fourth-order valence-electron chi connectivity index (χ4n) is 3.10. The summed E-state index contributed by atoms with van der Waals surface area (Å²) in [6, 6.07) is 0.254. The van der Waals surface area contributed by atoms with E-state index in [1.807, 2.05) is 6.92 Å². The first-order valence-corrected chi connectivity index (χ1v) is 7.41. The van der Waals surface area contributed by atoms with Crippen LogP contribution in [0.5, 0.6) is 0 Å². The zero-order valence-corrected chi connectivity index (χ0v) is 11.3. The summed E-state index contributed by atoms with van der Waals surface area (Å²) in [6.07, 6.45) is 8.47. The summed E-state index contributed by atoms with van der Waals surface area (Å²) in [7, 11) is 0. The molecule has 18 heavy (non-hydrogen) atoms. The number of hydrogen-bond acceptors (Lipinski definition) is 3. The maximum Gasteiger partial charge on any atom is 0.237 e. The Morgan fingerprint density at radius 2 is 1.72 bits per heavy atom. The van der Waals surface area contributed by atoms with Crippen molar-refractivity contribution < 1.29 is 9.90 Å². The van der Waals surface area contributed by atoms with Crippen LogP contribution in [0.25, 0.3) is 0 Å². The molecule has 0 spiro atoms. The molecule has 3 N–H and O–H groups in total. The Morgan fingerprint density at radius 1 is 1.11 bits per heavy atom. The Morgan fingerprint density at radius 3 is 2.39 bits per heavy atom. The molecule has 2 aliphatic carbocycles. The number of carbonyl (C=O) groups is 1. The third-order valence-corrected chi connectivity index (χ3v) is 4.29. The van der Waals surface area contributed by atoms with Crippen LogP contribution in [-0.2, 0) is 4.79 Å². The number of hydrogen-bond donors (Lipinski definition) is 3. The van der Waals surface area contributed by atoms with E-state index >= 15 is 0 Å². The predicted molar refractivity (Wildman–Crippen MR) is 71.3 cm³/mol. The summed E-state index contributed by atoms with van der Waals surface area (Å²) in [5.41, 5.74) is 0. The number of amides is 1. The lowest BCUT2D eigenvalue weighted by atomic mass is 9.92. The molecule has 2 aliphatic rings. The van der Waals surface area contributed by atoms with Gasteiger partial charge in [0.15, 0.2) is 0 Å². The fraction of sp³-hybridized carbons (Fsp3) is 0.929. The summed E-state index contributed by atoms with van der Waals surface area (Å²) in [4.78, 5) is 12.0. The first kappa shape index (κ1) is 13.8. The largest absolute Gasteiger partial charge is 0.392 e. The molecule has 2 fully saturated rings. The SMILES string of the molecule is CC(NC1CCCCC1O)C(=O)NC1CCCC1. The fourth-order valence-corrected chi connectivity index (χ4v) is 3.10. The topological polar surface area (TPSA) is 61.4 Å². The van der Waals surface area contributed by atoms with Gasteiger partial charge in [-0.15, -0.1) is 0 Å². The molecule has 4 nitrogen and oxygen atoms in total. The molecule has 1 amide bonds. The lowest BCUT2D eigenvalue weighted by Gasteiger charge is -2.31. The van der Waals surface area contributed by atoms with Crippen molar-refractivity contribution in [3.8, 4) is 0 Å². The van der Waals surface area contributed by atoms with Crippen LogP contribution in [0.15, 0.2) is 0 Å². The first-order valence-electron chi connectivity index (χ1n) is 7.41. The van der Waals surface area contributed by atoms with Crippen molar-refractivity contribution in [2.75, 3.05) is 0 Å². The van der Waals surface area contributed by atoms with Crippen molar-refractivity contribution in [3.05, 3.63) is 0 Å². The highest BCUT2D eigenvalue weighted by molar-refractivity contribution is 5.81. The van der Waals surface area contributed by atoms with Crippen molar-refractivity contribution >= 4 is 5.91 Å². The first-order chi connectivity index (χ1) is 8.66. The van der Waals surface area contributed by atoms with Crippen molar-refractivity contribution in [2.45, 2.75) is 82.5 Å². The van der Waals surface area contributed by atoms with E-state index in [1.165, 1.54) is 12.8 Å². The predicted octanol–water partition coefficient (Wildman–Crippen LogP) is 1.33. The van der Waals surface area contributed by atoms with Crippen LogP contribution < -0.4 is 10.6 Å². The second kappa shape index (κ2) is 6.53. The monoisotopic (exact) mass is 254 g/mol. The second-order valence-electron chi connectivity index (χ2n) is 5.84. The molecule has 0 aromatic rings. The molecule has 3 unspecified atom stereocenters. The Balaban J connectivity index is 1.75. The van der Waals surface area contributed by atoms with Gasteiger partial charge in [-0.05, 0) is 32.6 Å². The molecule has 2 rings (SSSR count). The average molecular weight is 254 g/mol. The van der Waals surface area contributed by atoms with E-state index < -0.39 is 0 Å². The van der Waals surface area contributed by atoms with Gasteiger partial charge in [-0.1, -0.05) is 25.7 Å². The number of carbonyl (C=O) groups excluding carboxylic acids is 1. The molecule has 0 aromatic heterocycles. The summed E-state index contributed by atoms with van der Waals surface area (Å²) >= 11 is 0. The minimum Gasteiger partial charge on any atom is -0.392 e. The van der Waals surface area contributed by atoms with Gasteiger partial charge >= 0.3 is 0 Å². The Hall–Kier alpha value is -0.610. The molecule has 0 heterocycles. The molecule has 0 bridgehead atoms. The van der Waals surface area contributed by atoms with Gasteiger partial charge in [-0.2, -0.15) is 0 Å². The Labute approximate surface area is 110 Å². The van der Waals surface area contributed by atoms with E-state index in [1.54, 1.807) is 0 Å². The lowest BCUT2D eigenvalue weighted by Crippen LogP contribution is -2.52. The number of rotatable bonds is 4. The molecule has 2 saturated carbocycles. The molecule has 4 heteroatoms. The molecule has 0 radical (unpaired) electrons. The van der Waals surface area contributed by atoms with Gasteiger partial charge in [0.25, 0.3) is 0 Å². The second-order valence-corrected chi connectivity index (χ2v) is 5.84. The van der Waals surface area contributed by atoms with Gasteiger partial charge in [0.1, 0.15) is 0 Å². The normalized spacial score (nSPS) is 31.2. The number of nitrogens with one attached hydrogen (secondary N) is 2. The van der Waals surface area contributed by atoms with E-state index in [9.17, 15) is 9.90 Å². The molecule has 0 saturated heterocycles. The molecular formula is C14H26N2O2. The van der Waals surface area contributed by atoms with E-state index in [0.717, 1.165) is 38.5 Å². The molecule has 104 valence electrons. The van der Waals surface area contributed by atoms with E-state index in [-0.39, 0.29) is 24.1 Å². The van der Waals surface area contributed by atoms with Gasteiger partial charge in [0, 0.05) is 12.1 Å². The van der Waals surface area contributed by atoms with Crippen LogP contribution in [0, 0.1) is 0 Å². The highest BCUT2D eigenvalue weighted by Gasteiger charge is 2.27. The third-order valence-electron chi connectivity index (χ3n) is 4.29. The molecule has 0 aromatic carbocycles. The van der Waals surface area contributed by atoms with Crippen LogP contribution in [0.4, 0.5) is 0 Å². The van der Waals surface area contributed by atoms with Crippen LogP contribution in [0.2, 0.25) is 0 Å².